The van der Waals surface area contributed by atoms with Crippen molar-refractivity contribution in [2.75, 3.05) is 5.32 Å². The number of carboxylic acids is 1. The average Bonchev–Trinajstić information content (AvgIpc) is 2.54. The minimum Gasteiger partial charge on any atom is -0.481 e. The van der Waals surface area contributed by atoms with Gasteiger partial charge in [0.15, 0.2) is 0 Å². The number of benzene rings is 2. The number of amides is 1. The van der Waals surface area contributed by atoms with Crippen LogP contribution in [0.3, 0.4) is 0 Å². The van der Waals surface area contributed by atoms with E-state index in [0.29, 0.717) is 18.5 Å². The molecule has 0 aromatic heterocycles. The fraction of sp³-hybridized carbons (Fsp3) is 0.263. The van der Waals surface area contributed by atoms with Crippen LogP contribution in [0.5, 0.6) is 0 Å². The molecule has 0 spiro atoms. The van der Waals surface area contributed by atoms with Crippen LogP contribution in [0.15, 0.2) is 48.5 Å². The van der Waals surface area contributed by atoms with Gasteiger partial charge in [0.25, 0.3) is 0 Å². The molecule has 0 aliphatic carbocycles. The number of anilines is 1. The predicted octanol–water partition coefficient (Wildman–Crippen LogP) is 3.66. The molecule has 2 N–H and O–H groups in total. The number of nitrogens with one attached hydrogen (secondary N) is 1. The van der Waals surface area contributed by atoms with Crippen LogP contribution < -0.4 is 5.32 Å². The monoisotopic (exact) mass is 329 g/mol. The minimum absolute atomic E-state index is 0.0797. The van der Waals surface area contributed by atoms with E-state index in [0.717, 1.165) is 11.1 Å². The van der Waals surface area contributed by atoms with Gasteiger partial charge < -0.3 is 10.4 Å². The van der Waals surface area contributed by atoms with Crippen LogP contribution in [0.2, 0.25) is 0 Å². The van der Waals surface area contributed by atoms with Gasteiger partial charge in [-0.1, -0.05) is 31.2 Å². The zero-order valence-electron chi connectivity index (χ0n) is 13.5. The maximum absolute atomic E-state index is 13.2. The fourth-order valence-electron chi connectivity index (χ4n) is 2.38. The topological polar surface area (TPSA) is 66.4 Å². The smallest absolute Gasteiger partial charge is 0.303 e. The molecule has 2 aromatic rings. The molecule has 1 amide bonds. The van der Waals surface area contributed by atoms with Crippen molar-refractivity contribution in [1.82, 2.24) is 0 Å². The van der Waals surface area contributed by atoms with Crippen LogP contribution in [0.1, 0.15) is 24.5 Å². The molecule has 0 fully saturated rings. The molecule has 0 saturated heterocycles. The van der Waals surface area contributed by atoms with Gasteiger partial charge in [0.1, 0.15) is 5.82 Å². The number of carbonyl (C=O) groups is 2. The number of carboxylic acid groups (broad SMARTS) is 1. The molecular formula is C19H20FNO3. The molecule has 0 bridgehead atoms. The highest BCUT2D eigenvalue weighted by Crippen LogP contribution is 2.15. The van der Waals surface area contributed by atoms with Crippen molar-refractivity contribution in [1.29, 1.82) is 0 Å². The standard InChI is InChI=1S/C19H20FNO3/c1-13(11-15-3-2-4-16(20)12-15)19(24)21-17-8-5-14(6-9-17)7-10-18(22)23/h2-6,8-9,12-13H,7,10-11H2,1H3,(H,21,24)(H,22,23). The summed E-state index contributed by atoms with van der Waals surface area (Å²) in [5.41, 5.74) is 2.34. The van der Waals surface area contributed by atoms with Gasteiger partial charge in [-0.3, -0.25) is 9.59 Å². The molecule has 0 aliphatic rings. The van der Waals surface area contributed by atoms with E-state index in [1.165, 1.54) is 12.1 Å². The van der Waals surface area contributed by atoms with Crippen LogP contribution in [-0.4, -0.2) is 17.0 Å². The van der Waals surface area contributed by atoms with Gasteiger partial charge in [0, 0.05) is 18.0 Å². The fourth-order valence-corrected chi connectivity index (χ4v) is 2.38. The Hall–Kier alpha value is -2.69. The molecular weight excluding hydrogens is 309 g/mol. The first-order chi connectivity index (χ1) is 11.4. The van der Waals surface area contributed by atoms with Crippen molar-refractivity contribution in [3.8, 4) is 0 Å². The van der Waals surface area contributed by atoms with Crippen molar-refractivity contribution in [2.45, 2.75) is 26.2 Å². The third-order valence-corrected chi connectivity index (χ3v) is 3.73. The minimum atomic E-state index is -0.835. The Morgan fingerprint density at radius 2 is 1.83 bits per heavy atom. The number of aryl methyl sites for hydroxylation is 1. The maximum atomic E-state index is 13.2. The molecule has 0 aliphatic heterocycles. The van der Waals surface area contributed by atoms with Gasteiger partial charge in [-0.15, -0.1) is 0 Å². The molecule has 5 heteroatoms. The summed E-state index contributed by atoms with van der Waals surface area (Å²) in [5, 5.41) is 11.5. The van der Waals surface area contributed by atoms with Crippen molar-refractivity contribution in [3.05, 3.63) is 65.5 Å². The van der Waals surface area contributed by atoms with E-state index in [1.807, 2.05) is 0 Å². The zero-order valence-corrected chi connectivity index (χ0v) is 13.5. The molecule has 0 saturated carbocycles. The summed E-state index contributed by atoms with van der Waals surface area (Å²) >= 11 is 0. The summed E-state index contributed by atoms with van der Waals surface area (Å²) < 4.78 is 13.2. The van der Waals surface area contributed by atoms with E-state index >= 15 is 0 Å². The summed E-state index contributed by atoms with van der Waals surface area (Å²) in [6.07, 6.45) is 0.996. The number of carbonyl (C=O) groups excluding carboxylic acids is 1. The second-order valence-electron chi connectivity index (χ2n) is 5.82. The van der Waals surface area contributed by atoms with E-state index in [-0.39, 0.29) is 24.1 Å². The number of hydrogen-bond donors (Lipinski definition) is 2. The largest absolute Gasteiger partial charge is 0.481 e. The summed E-state index contributed by atoms with van der Waals surface area (Å²) in [7, 11) is 0. The van der Waals surface area contributed by atoms with Gasteiger partial charge in [0.05, 0.1) is 0 Å². The lowest BCUT2D eigenvalue weighted by Crippen LogP contribution is -2.22. The van der Waals surface area contributed by atoms with E-state index in [2.05, 4.69) is 5.32 Å². The van der Waals surface area contributed by atoms with Crippen LogP contribution in [-0.2, 0) is 22.4 Å². The zero-order chi connectivity index (χ0) is 17.5. The van der Waals surface area contributed by atoms with Gasteiger partial charge in [-0.25, -0.2) is 4.39 Å². The summed E-state index contributed by atoms with van der Waals surface area (Å²) in [4.78, 5) is 22.8. The quantitative estimate of drug-likeness (QED) is 0.814. The van der Waals surface area contributed by atoms with E-state index in [9.17, 15) is 14.0 Å². The number of hydrogen-bond acceptors (Lipinski definition) is 2. The summed E-state index contributed by atoms with van der Waals surface area (Å²) in [6, 6.07) is 13.3. The Labute approximate surface area is 140 Å². The Morgan fingerprint density at radius 3 is 2.46 bits per heavy atom. The number of halogens is 1. The molecule has 2 aromatic carbocycles. The maximum Gasteiger partial charge on any atom is 0.303 e. The molecule has 1 atom stereocenters. The first-order valence-electron chi connectivity index (χ1n) is 7.80. The van der Waals surface area contributed by atoms with Gasteiger partial charge >= 0.3 is 5.97 Å². The highest BCUT2D eigenvalue weighted by Gasteiger charge is 2.14. The lowest BCUT2D eigenvalue weighted by Gasteiger charge is -2.13. The first kappa shape index (κ1) is 17.7. The summed E-state index contributed by atoms with van der Waals surface area (Å²) in [6.45, 7) is 1.79. The van der Waals surface area contributed by atoms with Crippen LogP contribution in [0.25, 0.3) is 0 Å². The molecule has 4 nitrogen and oxygen atoms in total. The lowest BCUT2D eigenvalue weighted by atomic mass is 10.00. The molecule has 24 heavy (non-hydrogen) atoms. The molecule has 2 rings (SSSR count). The third kappa shape index (κ3) is 5.50. The second-order valence-corrected chi connectivity index (χ2v) is 5.82. The Morgan fingerprint density at radius 1 is 1.12 bits per heavy atom. The number of rotatable bonds is 7. The molecule has 0 radical (unpaired) electrons. The molecule has 126 valence electrons. The molecule has 1 unspecified atom stereocenters. The summed E-state index contributed by atoms with van der Waals surface area (Å²) in [5.74, 6) is -1.58. The van der Waals surface area contributed by atoms with Gasteiger partial charge in [-0.2, -0.15) is 0 Å². The Kier molecular flexibility index (Phi) is 6.07. The number of aliphatic carboxylic acids is 1. The SMILES string of the molecule is CC(Cc1cccc(F)c1)C(=O)Nc1ccc(CCC(=O)O)cc1. The Bertz CT molecular complexity index is 713. The van der Waals surface area contributed by atoms with Crippen LogP contribution in [0, 0.1) is 11.7 Å². The van der Waals surface area contributed by atoms with E-state index < -0.39 is 5.97 Å². The van der Waals surface area contributed by atoms with E-state index in [4.69, 9.17) is 5.11 Å². The predicted molar refractivity (Wildman–Crippen MR) is 90.3 cm³/mol. The van der Waals surface area contributed by atoms with Crippen molar-refractivity contribution in [3.63, 3.8) is 0 Å². The van der Waals surface area contributed by atoms with Crippen molar-refractivity contribution in [2.24, 2.45) is 5.92 Å². The average molecular weight is 329 g/mol. The second kappa shape index (κ2) is 8.24. The third-order valence-electron chi connectivity index (χ3n) is 3.73. The van der Waals surface area contributed by atoms with Crippen molar-refractivity contribution < 1.29 is 19.1 Å². The highest BCUT2D eigenvalue weighted by molar-refractivity contribution is 5.92. The van der Waals surface area contributed by atoms with Crippen LogP contribution in [0.4, 0.5) is 10.1 Å². The normalized spacial score (nSPS) is 11.8. The van der Waals surface area contributed by atoms with Crippen molar-refractivity contribution >= 4 is 17.6 Å². The first-order valence-corrected chi connectivity index (χ1v) is 7.80. The van der Waals surface area contributed by atoms with E-state index in [1.54, 1.807) is 43.3 Å². The van der Waals surface area contributed by atoms with Gasteiger partial charge in [0.2, 0.25) is 5.91 Å². The lowest BCUT2D eigenvalue weighted by molar-refractivity contribution is -0.137. The Balaban J connectivity index is 1.90. The van der Waals surface area contributed by atoms with Crippen LogP contribution >= 0.6 is 0 Å². The molecule has 0 heterocycles. The van der Waals surface area contributed by atoms with Gasteiger partial charge in [-0.05, 0) is 48.2 Å². The highest BCUT2D eigenvalue weighted by atomic mass is 19.1.